The third-order valence-electron chi connectivity index (χ3n) is 2.97. The van der Waals surface area contributed by atoms with E-state index in [1.54, 1.807) is 0 Å². The molecule has 2 aliphatic carbocycles. The summed E-state index contributed by atoms with van der Waals surface area (Å²) in [6, 6.07) is 0. The zero-order chi connectivity index (χ0) is 7.14. The van der Waals surface area contributed by atoms with Gasteiger partial charge in [0.15, 0.2) is 0 Å². The second-order valence-corrected chi connectivity index (χ2v) is 3.69. The second-order valence-electron chi connectivity index (χ2n) is 3.69. The fourth-order valence-corrected chi connectivity index (χ4v) is 2.40. The third-order valence-corrected chi connectivity index (χ3v) is 2.97. The average Bonchev–Trinajstić information content (AvgIpc) is 2.29. The van der Waals surface area contributed by atoms with Crippen LogP contribution in [0.5, 0.6) is 0 Å². The van der Waals surface area contributed by atoms with Crippen molar-refractivity contribution in [3.05, 3.63) is 0 Å². The summed E-state index contributed by atoms with van der Waals surface area (Å²) in [7, 11) is 0. The summed E-state index contributed by atoms with van der Waals surface area (Å²) >= 11 is 0. The molecule has 0 aromatic heterocycles. The molecule has 4 atom stereocenters. The van der Waals surface area contributed by atoms with Crippen LogP contribution in [-0.2, 0) is 0 Å². The first-order valence-corrected chi connectivity index (χ1v) is 4.09. The van der Waals surface area contributed by atoms with E-state index in [0.717, 1.165) is 19.3 Å². The van der Waals surface area contributed by atoms with Crippen LogP contribution in [0.4, 0.5) is 4.39 Å². The molecule has 0 radical (unpaired) electrons. The molecule has 0 aliphatic heterocycles. The van der Waals surface area contributed by atoms with Gasteiger partial charge in [-0.3, -0.25) is 0 Å². The highest BCUT2D eigenvalue weighted by atomic mass is 19.1. The van der Waals surface area contributed by atoms with Gasteiger partial charge in [-0.2, -0.15) is 0 Å². The molecule has 0 saturated heterocycles. The van der Waals surface area contributed by atoms with E-state index in [4.69, 9.17) is 0 Å². The predicted octanol–water partition coefficient (Wildman–Crippen LogP) is 1.51. The van der Waals surface area contributed by atoms with E-state index in [0.29, 0.717) is 12.3 Å². The van der Waals surface area contributed by atoms with Gasteiger partial charge in [-0.15, -0.1) is 0 Å². The number of rotatable bonds is 0. The van der Waals surface area contributed by atoms with E-state index < -0.39 is 12.3 Å². The molecule has 10 heavy (non-hydrogen) atoms. The van der Waals surface area contributed by atoms with E-state index in [1.165, 1.54) is 0 Å². The van der Waals surface area contributed by atoms with Crippen molar-refractivity contribution in [3.8, 4) is 0 Å². The number of fused-ring (bicyclic) bond motifs is 2. The lowest BCUT2D eigenvalue weighted by Gasteiger charge is -2.27. The zero-order valence-electron chi connectivity index (χ0n) is 5.96. The fourth-order valence-electron chi connectivity index (χ4n) is 2.40. The maximum Gasteiger partial charge on any atom is 0.129 e. The van der Waals surface area contributed by atoms with Crippen LogP contribution in [0.3, 0.4) is 0 Å². The van der Waals surface area contributed by atoms with E-state index in [1.807, 2.05) is 0 Å². The number of hydrogen-bond acceptors (Lipinski definition) is 1. The van der Waals surface area contributed by atoms with Gasteiger partial charge in [0.25, 0.3) is 0 Å². The second kappa shape index (κ2) is 2.19. The minimum Gasteiger partial charge on any atom is -0.390 e. The Hall–Kier alpha value is -0.110. The molecule has 0 amide bonds. The molecular weight excluding hydrogens is 131 g/mol. The predicted molar refractivity (Wildman–Crippen MR) is 36.4 cm³/mol. The third kappa shape index (κ3) is 0.858. The number of alkyl halides is 1. The average molecular weight is 144 g/mol. The van der Waals surface area contributed by atoms with Crippen molar-refractivity contribution >= 4 is 0 Å². The Morgan fingerprint density at radius 3 is 2.80 bits per heavy atom. The molecule has 0 aromatic rings. The van der Waals surface area contributed by atoms with Crippen molar-refractivity contribution in [2.75, 3.05) is 0 Å². The summed E-state index contributed by atoms with van der Waals surface area (Å²) in [5.74, 6) is 0.820. The molecule has 58 valence electrons. The molecular formula is C8H13FO. The van der Waals surface area contributed by atoms with E-state index >= 15 is 0 Å². The molecule has 2 bridgehead atoms. The Bertz CT molecular complexity index is 137. The van der Waals surface area contributed by atoms with Gasteiger partial charge in [-0.25, -0.2) is 4.39 Å². The summed E-state index contributed by atoms with van der Waals surface area (Å²) in [5, 5.41) is 9.18. The molecule has 2 aliphatic rings. The van der Waals surface area contributed by atoms with Gasteiger partial charge in [-0.05, 0) is 37.5 Å². The molecule has 0 heterocycles. The van der Waals surface area contributed by atoms with Gasteiger partial charge in [0, 0.05) is 0 Å². The van der Waals surface area contributed by atoms with Crippen molar-refractivity contribution in [1.82, 2.24) is 0 Å². The Morgan fingerprint density at radius 1 is 1.20 bits per heavy atom. The Labute approximate surface area is 60.2 Å². The fraction of sp³-hybridized carbons (Fsp3) is 1.00. The normalized spacial score (nSPS) is 53.4. The summed E-state index contributed by atoms with van der Waals surface area (Å²) in [4.78, 5) is 0. The maximum atomic E-state index is 13.0. The van der Waals surface area contributed by atoms with E-state index in [9.17, 15) is 9.50 Å². The molecule has 2 heteroatoms. The molecule has 1 N–H and O–H groups in total. The molecule has 1 nitrogen and oxygen atoms in total. The molecule has 0 spiro atoms. The lowest BCUT2D eigenvalue weighted by molar-refractivity contribution is 0.00847. The minimum absolute atomic E-state index is 0.189. The molecule has 0 unspecified atom stereocenters. The van der Waals surface area contributed by atoms with Crippen molar-refractivity contribution < 1.29 is 9.50 Å². The standard InChI is InChI=1S/C8H13FO/c9-8-6-2-1-5(3-6)4-7(8)10/h5-8,10H,1-4H2/t5-,6+,7+,8-/m0/s1. The van der Waals surface area contributed by atoms with Crippen LogP contribution in [0, 0.1) is 11.8 Å². The summed E-state index contributed by atoms with van der Waals surface area (Å²) < 4.78 is 13.0. The van der Waals surface area contributed by atoms with Crippen LogP contribution in [-0.4, -0.2) is 17.4 Å². The highest BCUT2D eigenvalue weighted by Crippen LogP contribution is 2.43. The zero-order valence-corrected chi connectivity index (χ0v) is 5.96. The number of aliphatic hydroxyl groups excluding tert-OH is 1. The maximum absolute atomic E-state index is 13.0. The quantitative estimate of drug-likeness (QED) is 0.546. The Balaban J connectivity index is 2.09. The summed E-state index contributed by atoms with van der Waals surface area (Å²) in [5.41, 5.74) is 0. The van der Waals surface area contributed by atoms with Gasteiger partial charge in [0.1, 0.15) is 6.17 Å². The SMILES string of the molecule is O[C@@H]1C[C@H]2CC[C@H](C2)[C@@H]1F. The number of aliphatic hydroxyl groups is 1. The smallest absolute Gasteiger partial charge is 0.129 e. The van der Waals surface area contributed by atoms with Crippen LogP contribution >= 0.6 is 0 Å². The monoisotopic (exact) mass is 144 g/mol. The molecule has 0 aromatic carbocycles. The highest BCUT2D eigenvalue weighted by Gasteiger charge is 2.41. The number of hydrogen-bond donors (Lipinski definition) is 1. The molecule has 2 saturated carbocycles. The summed E-state index contributed by atoms with van der Waals surface area (Å²) in [6.07, 6.45) is 2.31. The van der Waals surface area contributed by atoms with Gasteiger partial charge < -0.3 is 5.11 Å². The van der Waals surface area contributed by atoms with Crippen LogP contribution < -0.4 is 0 Å². The first-order chi connectivity index (χ1) is 4.77. The van der Waals surface area contributed by atoms with Gasteiger partial charge >= 0.3 is 0 Å². The van der Waals surface area contributed by atoms with Crippen molar-refractivity contribution in [3.63, 3.8) is 0 Å². The van der Waals surface area contributed by atoms with E-state index in [2.05, 4.69) is 0 Å². The van der Waals surface area contributed by atoms with Crippen LogP contribution in [0.2, 0.25) is 0 Å². The van der Waals surface area contributed by atoms with E-state index in [-0.39, 0.29) is 5.92 Å². The van der Waals surface area contributed by atoms with Crippen molar-refractivity contribution in [2.24, 2.45) is 11.8 Å². The summed E-state index contributed by atoms with van der Waals surface area (Å²) in [6.45, 7) is 0. The first-order valence-electron chi connectivity index (χ1n) is 4.09. The van der Waals surface area contributed by atoms with Crippen molar-refractivity contribution in [1.29, 1.82) is 0 Å². The Morgan fingerprint density at radius 2 is 2.00 bits per heavy atom. The highest BCUT2D eigenvalue weighted by molar-refractivity contribution is 4.91. The van der Waals surface area contributed by atoms with Crippen LogP contribution in [0.15, 0.2) is 0 Å². The van der Waals surface area contributed by atoms with Gasteiger partial charge in [0.05, 0.1) is 6.10 Å². The lowest BCUT2D eigenvalue weighted by atomic mass is 9.86. The molecule has 2 rings (SSSR count). The first kappa shape index (κ1) is 6.59. The molecule has 2 fully saturated rings. The number of halogens is 1. The van der Waals surface area contributed by atoms with Gasteiger partial charge in [-0.1, -0.05) is 0 Å². The van der Waals surface area contributed by atoms with Crippen LogP contribution in [0.1, 0.15) is 25.7 Å². The largest absolute Gasteiger partial charge is 0.390 e. The Kier molecular flexibility index (Phi) is 1.44. The van der Waals surface area contributed by atoms with Crippen LogP contribution in [0.25, 0.3) is 0 Å². The minimum atomic E-state index is -0.918. The lowest BCUT2D eigenvalue weighted by Crippen LogP contribution is -2.33. The topological polar surface area (TPSA) is 20.2 Å². The van der Waals surface area contributed by atoms with Gasteiger partial charge in [0.2, 0.25) is 0 Å². The van der Waals surface area contributed by atoms with Crippen molar-refractivity contribution in [2.45, 2.75) is 38.0 Å².